The quantitative estimate of drug-likeness (QED) is 0.846. The molecule has 0 aliphatic heterocycles. The van der Waals surface area contributed by atoms with E-state index in [2.05, 4.69) is 24.3 Å². The number of aliphatic hydroxyl groups excluding tert-OH is 2. The highest BCUT2D eigenvalue weighted by Crippen LogP contribution is 2.21. The summed E-state index contributed by atoms with van der Waals surface area (Å²) in [7, 11) is 0. The molecule has 2 nitrogen and oxygen atoms in total. The molecule has 0 aromatic heterocycles. The molecule has 0 fully saturated rings. The van der Waals surface area contributed by atoms with E-state index in [-0.39, 0.29) is 13.2 Å². The van der Waals surface area contributed by atoms with Crippen molar-refractivity contribution >= 4 is 0 Å². The standard InChI is InChI=1S/C16H18O2/c17-10-2-4-13-6-8-15(9-7-13)16-5-1-3-14(11-16)12-18/h1,3,5-9,11,17-18H,2,4,10,12H2. The Labute approximate surface area is 108 Å². The molecule has 0 bridgehead atoms. The minimum atomic E-state index is 0.0718. The van der Waals surface area contributed by atoms with Gasteiger partial charge in [0.05, 0.1) is 6.61 Å². The molecule has 18 heavy (non-hydrogen) atoms. The Morgan fingerprint density at radius 2 is 1.56 bits per heavy atom. The summed E-state index contributed by atoms with van der Waals surface area (Å²) in [6.45, 7) is 0.308. The summed E-state index contributed by atoms with van der Waals surface area (Å²) in [5, 5.41) is 17.9. The molecule has 2 aromatic carbocycles. The minimum Gasteiger partial charge on any atom is -0.396 e. The third-order valence-electron chi connectivity index (χ3n) is 3.02. The van der Waals surface area contributed by atoms with E-state index in [4.69, 9.17) is 10.2 Å². The molecular formula is C16H18O2. The lowest BCUT2D eigenvalue weighted by atomic mass is 10.0. The summed E-state index contributed by atoms with van der Waals surface area (Å²) in [5.41, 5.74) is 4.44. The monoisotopic (exact) mass is 242 g/mol. The van der Waals surface area contributed by atoms with Crippen LogP contribution in [0.2, 0.25) is 0 Å². The summed E-state index contributed by atoms with van der Waals surface area (Å²) < 4.78 is 0. The Balaban J connectivity index is 2.17. The van der Waals surface area contributed by atoms with Gasteiger partial charge in [-0.1, -0.05) is 42.5 Å². The lowest BCUT2D eigenvalue weighted by Gasteiger charge is -2.05. The van der Waals surface area contributed by atoms with Gasteiger partial charge in [-0.25, -0.2) is 0 Å². The molecule has 0 amide bonds. The predicted octanol–water partition coefficient (Wildman–Crippen LogP) is 2.77. The van der Waals surface area contributed by atoms with Gasteiger partial charge in [-0.2, -0.15) is 0 Å². The highest BCUT2D eigenvalue weighted by molar-refractivity contribution is 5.64. The van der Waals surface area contributed by atoms with Gasteiger partial charge in [0.2, 0.25) is 0 Å². The minimum absolute atomic E-state index is 0.0718. The topological polar surface area (TPSA) is 40.5 Å². The van der Waals surface area contributed by atoms with Gasteiger partial charge in [0.25, 0.3) is 0 Å². The van der Waals surface area contributed by atoms with Crippen molar-refractivity contribution in [2.24, 2.45) is 0 Å². The van der Waals surface area contributed by atoms with Crippen LogP contribution in [0.15, 0.2) is 48.5 Å². The predicted molar refractivity (Wildman–Crippen MR) is 73.2 cm³/mol. The molecule has 0 saturated heterocycles. The molecule has 0 saturated carbocycles. The molecule has 94 valence electrons. The van der Waals surface area contributed by atoms with E-state index < -0.39 is 0 Å². The fourth-order valence-electron chi connectivity index (χ4n) is 2.00. The van der Waals surface area contributed by atoms with Gasteiger partial charge in [-0.05, 0) is 41.2 Å². The molecule has 2 N–H and O–H groups in total. The Bertz CT molecular complexity index is 489. The number of rotatable bonds is 5. The Morgan fingerprint density at radius 1 is 0.778 bits per heavy atom. The zero-order valence-electron chi connectivity index (χ0n) is 10.3. The van der Waals surface area contributed by atoms with E-state index in [9.17, 15) is 0 Å². The maximum absolute atomic E-state index is 9.13. The van der Waals surface area contributed by atoms with Crippen molar-refractivity contribution in [3.05, 3.63) is 59.7 Å². The smallest absolute Gasteiger partial charge is 0.0682 e. The van der Waals surface area contributed by atoms with Crippen LogP contribution in [0.4, 0.5) is 0 Å². The largest absolute Gasteiger partial charge is 0.396 e. The molecule has 0 spiro atoms. The number of hydrogen-bond acceptors (Lipinski definition) is 2. The molecule has 0 aliphatic rings. The van der Waals surface area contributed by atoms with Crippen molar-refractivity contribution in [3.8, 4) is 11.1 Å². The SMILES string of the molecule is OCCCc1ccc(-c2cccc(CO)c2)cc1. The van der Waals surface area contributed by atoms with Crippen LogP contribution in [0.5, 0.6) is 0 Å². The average molecular weight is 242 g/mol. The number of aliphatic hydroxyl groups is 2. The van der Waals surface area contributed by atoms with Crippen LogP contribution >= 0.6 is 0 Å². The number of hydrogen-bond donors (Lipinski definition) is 2. The molecule has 0 radical (unpaired) electrons. The van der Waals surface area contributed by atoms with Crippen LogP contribution in [0.25, 0.3) is 11.1 Å². The molecule has 0 aliphatic carbocycles. The summed E-state index contributed by atoms with van der Waals surface area (Å²) in [6, 6.07) is 16.3. The lowest BCUT2D eigenvalue weighted by molar-refractivity contribution is 0.282. The first-order valence-corrected chi connectivity index (χ1v) is 6.23. The normalized spacial score (nSPS) is 10.6. The fourth-order valence-corrected chi connectivity index (χ4v) is 2.00. The van der Waals surface area contributed by atoms with Gasteiger partial charge >= 0.3 is 0 Å². The van der Waals surface area contributed by atoms with Crippen LogP contribution in [0.3, 0.4) is 0 Å². The number of aryl methyl sites for hydroxylation is 1. The summed E-state index contributed by atoms with van der Waals surface area (Å²) in [6.07, 6.45) is 1.72. The van der Waals surface area contributed by atoms with Crippen molar-refractivity contribution in [2.75, 3.05) is 6.61 Å². The van der Waals surface area contributed by atoms with Gasteiger partial charge in [-0.15, -0.1) is 0 Å². The molecule has 2 heteroatoms. The van der Waals surface area contributed by atoms with Crippen molar-refractivity contribution in [1.82, 2.24) is 0 Å². The maximum Gasteiger partial charge on any atom is 0.0682 e. The second-order valence-electron chi connectivity index (χ2n) is 4.38. The molecule has 0 atom stereocenters. The van der Waals surface area contributed by atoms with Gasteiger partial charge < -0.3 is 10.2 Å². The van der Waals surface area contributed by atoms with Crippen LogP contribution < -0.4 is 0 Å². The van der Waals surface area contributed by atoms with E-state index in [0.717, 1.165) is 29.5 Å². The van der Waals surface area contributed by atoms with Crippen molar-refractivity contribution in [1.29, 1.82) is 0 Å². The van der Waals surface area contributed by atoms with E-state index in [1.54, 1.807) is 0 Å². The molecule has 2 aromatic rings. The summed E-state index contributed by atoms with van der Waals surface area (Å²) in [4.78, 5) is 0. The second kappa shape index (κ2) is 6.34. The van der Waals surface area contributed by atoms with E-state index in [1.165, 1.54) is 5.56 Å². The molecule has 2 rings (SSSR count). The van der Waals surface area contributed by atoms with Gasteiger partial charge in [0.1, 0.15) is 0 Å². The Hall–Kier alpha value is -1.64. The van der Waals surface area contributed by atoms with E-state index in [0.29, 0.717) is 0 Å². The average Bonchev–Trinajstić information content (AvgIpc) is 2.46. The summed E-state index contributed by atoms with van der Waals surface area (Å²) >= 11 is 0. The third-order valence-corrected chi connectivity index (χ3v) is 3.02. The molecular weight excluding hydrogens is 224 g/mol. The van der Waals surface area contributed by atoms with Gasteiger partial charge in [0, 0.05) is 6.61 Å². The maximum atomic E-state index is 9.13. The van der Waals surface area contributed by atoms with Crippen molar-refractivity contribution < 1.29 is 10.2 Å². The lowest BCUT2D eigenvalue weighted by Crippen LogP contribution is -1.89. The zero-order chi connectivity index (χ0) is 12.8. The van der Waals surface area contributed by atoms with E-state index in [1.807, 2.05) is 24.3 Å². The van der Waals surface area contributed by atoms with Crippen LogP contribution in [-0.2, 0) is 13.0 Å². The van der Waals surface area contributed by atoms with Crippen molar-refractivity contribution in [2.45, 2.75) is 19.4 Å². The van der Waals surface area contributed by atoms with Gasteiger partial charge in [0.15, 0.2) is 0 Å². The molecule has 0 heterocycles. The highest BCUT2D eigenvalue weighted by Gasteiger charge is 1.99. The second-order valence-corrected chi connectivity index (χ2v) is 4.38. The third kappa shape index (κ3) is 3.19. The fraction of sp³-hybridized carbons (Fsp3) is 0.250. The first-order valence-electron chi connectivity index (χ1n) is 6.23. The van der Waals surface area contributed by atoms with Crippen molar-refractivity contribution in [3.63, 3.8) is 0 Å². The zero-order valence-corrected chi connectivity index (χ0v) is 10.3. The van der Waals surface area contributed by atoms with Gasteiger partial charge in [-0.3, -0.25) is 0 Å². The first-order chi connectivity index (χ1) is 8.83. The van der Waals surface area contributed by atoms with E-state index >= 15 is 0 Å². The van der Waals surface area contributed by atoms with Crippen LogP contribution in [0.1, 0.15) is 17.5 Å². The highest BCUT2D eigenvalue weighted by atomic mass is 16.3. The molecule has 0 unspecified atom stereocenters. The van der Waals surface area contributed by atoms with Crippen LogP contribution in [0, 0.1) is 0 Å². The Morgan fingerprint density at radius 3 is 2.22 bits per heavy atom. The Kier molecular flexibility index (Phi) is 4.51. The first kappa shape index (κ1) is 12.8. The number of benzene rings is 2. The van der Waals surface area contributed by atoms with Crippen LogP contribution in [-0.4, -0.2) is 16.8 Å². The summed E-state index contributed by atoms with van der Waals surface area (Å²) in [5.74, 6) is 0.